The van der Waals surface area contributed by atoms with Gasteiger partial charge in [-0.2, -0.15) is 0 Å². The lowest BCUT2D eigenvalue weighted by molar-refractivity contribution is -0.121. The van der Waals surface area contributed by atoms with Crippen LogP contribution in [0.5, 0.6) is 5.75 Å². The lowest BCUT2D eigenvalue weighted by Gasteiger charge is -2.07. The second kappa shape index (κ2) is 9.29. The Labute approximate surface area is 156 Å². The van der Waals surface area contributed by atoms with Crippen LogP contribution in [-0.2, 0) is 11.2 Å². The summed E-state index contributed by atoms with van der Waals surface area (Å²) >= 11 is 1.72. The van der Waals surface area contributed by atoms with Crippen LogP contribution in [0.2, 0.25) is 0 Å². The molecule has 0 fully saturated rings. The monoisotopic (exact) mass is 372 g/mol. The molecule has 0 saturated carbocycles. The summed E-state index contributed by atoms with van der Waals surface area (Å²) in [6, 6.07) is 14.0. The highest BCUT2D eigenvalue weighted by Gasteiger charge is 2.05. The van der Waals surface area contributed by atoms with Gasteiger partial charge in [0.15, 0.2) is 0 Å². The topological polar surface area (TPSA) is 51.2 Å². The first-order chi connectivity index (χ1) is 12.7. The number of carbonyl (C=O) groups is 1. The molecule has 26 heavy (non-hydrogen) atoms. The van der Waals surface area contributed by atoms with Gasteiger partial charge in [0.05, 0.1) is 21.8 Å². The summed E-state index contributed by atoms with van der Waals surface area (Å²) in [5.74, 6) is 0.324. The van der Waals surface area contributed by atoms with E-state index >= 15 is 0 Å². The number of nitrogens with zero attached hydrogens (tertiary/aromatic N) is 1. The summed E-state index contributed by atoms with van der Waals surface area (Å²) in [6.07, 6.45) is 3.18. The Kier molecular flexibility index (Phi) is 6.55. The first kappa shape index (κ1) is 18.3. The lowest BCUT2D eigenvalue weighted by Crippen LogP contribution is -2.27. The maximum atomic E-state index is 12.8. The van der Waals surface area contributed by atoms with Gasteiger partial charge in [-0.3, -0.25) is 4.79 Å². The van der Waals surface area contributed by atoms with E-state index in [1.165, 1.54) is 16.8 Å². The maximum absolute atomic E-state index is 12.8. The van der Waals surface area contributed by atoms with E-state index in [1.54, 1.807) is 23.5 Å². The van der Waals surface area contributed by atoms with E-state index in [9.17, 15) is 9.18 Å². The fourth-order valence-corrected chi connectivity index (χ4v) is 3.58. The molecule has 1 amide bonds. The van der Waals surface area contributed by atoms with E-state index in [1.807, 2.05) is 18.2 Å². The van der Waals surface area contributed by atoms with Crippen LogP contribution < -0.4 is 10.1 Å². The van der Waals surface area contributed by atoms with E-state index in [2.05, 4.69) is 16.4 Å². The van der Waals surface area contributed by atoms with Crippen LogP contribution in [-0.4, -0.2) is 24.0 Å². The van der Waals surface area contributed by atoms with Gasteiger partial charge in [0.25, 0.3) is 0 Å². The fourth-order valence-electron chi connectivity index (χ4n) is 2.57. The van der Waals surface area contributed by atoms with Gasteiger partial charge in [-0.15, -0.1) is 11.3 Å². The van der Waals surface area contributed by atoms with Crippen molar-refractivity contribution < 1.29 is 13.9 Å². The Bertz CT molecular complexity index is 815. The Morgan fingerprint density at radius 1 is 1.12 bits per heavy atom. The Morgan fingerprint density at radius 2 is 1.92 bits per heavy atom. The summed E-state index contributed by atoms with van der Waals surface area (Å²) in [6.45, 7) is 0.803. The molecule has 3 rings (SSSR count). The van der Waals surface area contributed by atoms with Crippen molar-refractivity contribution in [2.75, 3.05) is 13.2 Å². The Morgan fingerprint density at radius 3 is 2.73 bits per heavy atom. The van der Waals surface area contributed by atoms with Crippen LogP contribution in [0.25, 0.3) is 10.2 Å². The standard InChI is InChI=1S/C20H21FN2O2S/c21-15-9-11-16(12-10-15)25-14-13-22-19(24)7-3-4-8-20-23-17-5-1-2-6-18(17)26-20/h1-2,5-6,9-12H,3-4,7-8,13-14H2,(H,22,24). The minimum atomic E-state index is -0.295. The first-order valence-electron chi connectivity index (χ1n) is 8.70. The number of nitrogens with one attached hydrogen (secondary N) is 1. The molecule has 4 nitrogen and oxygen atoms in total. The molecule has 1 aromatic heterocycles. The molecular weight excluding hydrogens is 351 g/mol. The second-order valence-corrected chi connectivity index (χ2v) is 7.05. The largest absolute Gasteiger partial charge is 0.492 e. The minimum absolute atomic E-state index is 0.0250. The normalized spacial score (nSPS) is 10.8. The van der Waals surface area contributed by atoms with E-state index in [0.717, 1.165) is 29.8 Å². The molecule has 0 atom stereocenters. The highest BCUT2D eigenvalue weighted by atomic mass is 32.1. The Balaban J connectivity index is 1.27. The number of carbonyl (C=O) groups excluding carboxylic acids is 1. The van der Waals surface area contributed by atoms with Crippen LogP contribution >= 0.6 is 11.3 Å². The molecule has 0 bridgehead atoms. The van der Waals surface area contributed by atoms with Gasteiger partial charge in [0.2, 0.25) is 5.91 Å². The molecule has 0 aliphatic heterocycles. The zero-order chi connectivity index (χ0) is 18.2. The smallest absolute Gasteiger partial charge is 0.220 e. The van der Waals surface area contributed by atoms with Gasteiger partial charge in [-0.25, -0.2) is 9.37 Å². The van der Waals surface area contributed by atoms with Gasteiger partial charge in [-0.05, 0) is 55.7 Å². The summed E-state index contributed by atoms with van der Waals surface area (Å²) < 4.78 is 19.4. The molecule has 0 unspecified atom stereocenters. The number of para-hydroxylation sites is 1. The fraction of sp³-hybridized carbons (Fsp3) is 0.300. The summed E-state index contributed by atoms with van der Waals surface area (Å²) in [5.41, 5.74) is 1.05. The van der Waals surface area contributed by atoms with Gasteiger partial charge in [-0.1, -0.05) is 12.1 Å². The number of unbranched alkanes of at least 4 members (excludes halogenated alkanes) is 1. The predicted molar refractivity (Wildman–Crippen MR) is 102 cm³/mol. The van der Waals surface area contributed by atoms with Crippen LogP contribution in [0.3, 0.4) is 0 Å². The van der Waals surface area contributed by atoms with E-state index in [-0.39, 0.29) is 11.7 Å². The number of thiazole rings is 1. The second-order valence-electron chi connectivity index (χ2n) is 5.93. The van der Waals surface area contributed by atoms with Gasteiger partial charge >= 0.3 is 0 Å². The van der Waals surface area contributed by atoms with Crippen molar-refractivity contribution in [2.24, 2.45) is 0 Å². The highest BCUT2D eigenvalue weighted by Crippen LogP contribution is 2.22. The maximum Gasteiger partial charge on any atom is 0.220 e. The van der Waals surface area contributed by atoms with Crippen molar-refractivity contribution in [3.05, 3.63) is 59.4 Å². The zero-order valence-corrected chi connectivity index (χ0v) is 15.2. The molecule has 2 aromatic carbocycles. The molecule has 136 valence electrons. The average molecular weight is 372 g/mol. The summed E-state index contributed by atoms with van der Waals surface area (Å²) in [5, 5.41) is 3.96. The van der Waals surface area contributed by atoms with Crippen LogP contribution in [0.1, 0.15) is 24.3 Å². The third-order valence-corrected chi connectivity index (χ3v) is 4.99. The van der Waals surface area contributed by atoms with E-state index < -0.39 is 0 Å². The third kappa shape index (κ3) is 5.52. The van der Waals surface area contributed by atoms with E-state index in [4.69, 9.17) is 4.74 Å². The number of aromatic nitrogens is 1. The SMILES string of the molecule is O=C(CCCCc1nc2ccccc2s1)NCCOc1ccc(F)cc1. The molecule has 1 N–H and O–H groups in total. The summed E-state index contributed by atoms with van der Waals surface area (Å²) in [7, 11) is 0. The van der Waals surface area contributed by atoms with Crippen molar-refractivity contribution >= 4 is 27.5 Å². The predicted octanol–water partition coefficient (Wildman–Crippen LogP) is 4.34. The third-order valence-electron chi connectivity index (χ3n) is 3.89. The Hall–Kier alpha value is -2.47. The number of ether oxygens (including phenoxy) is 1. The number of rotatable bonds is 9. The first-order valence-corrected chi connectivity index (χ1v) is 9.52. The number of amides is 1. The van der Waals surface area contributed by atoms with Gasteiger partial charge < -0.3 is 10.1 Å². The van der Waals surface area contributed by atoms with Crippen LogP contribution in [0, 0.1) is 5.82 Å². The number of aryl methyl sites for hydroxylation is 1. The van der Waals surface area contributed by atoms with Crippen molar-refractivity contribution in [1.82, 2.24) is 10.3 Å². The number of fused-ring (bicyclic) bond motifs is 1. The number of hydrogen-bond acceptors (Lipinski definition) is 4. The minimum Gasteiger partial charge on any atom is -0.492 e. The molecule has 0 saturated heterocycles. The van der Waals surface area contributed by atoms with E-state index in [0.29, 0.717) is 25.3 Å². The molecule has 6 heteroatoms. The molecule has 0 aliphatic carbocycles. The molecular formula is C20H21FN2O2S. The quantitative estimate of drug-likeness (QED) is 0.568. The van der Waals surface area contributed by atoms with Gasteiger partial charge in [0, 0.05) is 6.42 Å². The number of benzene rings is 2. The average Bonchev–Trinajstić information content (AvgIpc) is 3.07. The zero-order valence-electron chi connectivity index (χ0n) is 14.4. The summed E-state index contributed by atoms with van der Waals surface area (Å²) in [4.78, 5) is 16.4. The molecule has 3 aromatic rings. The molecule has 0 aliphatic rings. The van der Waals surface area contributed by atoms with Crippen LogP contribution in [0.15, 0.2) is 48.5 Å². The van der Waals surface area contributed by atoms with Crippen molar-refractivity contribution in [3.63, 3.8) is 0 Å². The number of halogens is 1. The van der Waals surface area contributed by atoms with Crippen molar-refractivity contribution in [1.29, 1.82) is 0 Å². The molecule has 0 spiro atoms. The van der Waals surface area contributed by atoms with Crippen LogP contribution in [0.4, 0.5) is 4.39 Å². The van der Waals surface area contributed by atoms with Crippen molar-refractivity contribution in [2.45, 2.75) is 25.7 Å². The highest BCUT2D eigenvalue weighted by molar-refractivity contribution is 7.18. The number of hydrogen-bond donors (Lipinski definition) is 1. The van der Waals surface area contributed by atoms with Gasteiger partial charge in [0.1, 0.15) is 18.2 Å². The van der Waals surface area contributed by atoms with Crippen molar-refractivity contribution in [3.8, 4) is 5.75 Å². The molecule has 0 radical (unpaired) electrons. The lowest BCUT2D eigenvalue weighted by atomic mass is 10.2. The molecule has 1 heterocycles.